The van der Waals surface area contributed by atoms with Gasteiger partial charge in [0, 0.05) is 6.07 Å². The minimum absolute atomic E-state index is 0. The summed E-state index contributed by atoms with van der Waals surface area (Å²) in [5.74, 6) is 0.740. The van der Waals surface area contributed by atoms with E-state index in [1.54, 1.807) is 12.1 Å². The van der Waals surface area contributed by atoms with E-state index in [0.29, 0.717) is 49.0 Å². The van der Waals surface area contributed by atoms with Crippen LogP contribution in [0, 0.1) is 0 Å². The van der Waals surface area contributed by atoms with Gasteiger partial charge in [-0.05, 0) is 74.1 Å². The first-order chi connectivity index (χ1) is 16.7. The van der Waals surface area contributed by atoms with Crippen molar-refractivity contribution in [3.63, 3.8) is 0 Å². The number of nitrogens with one attached hydrogen (secondary N) is 1. The van der Waals surface area contributed by atoms with E-state index in [0.717, 1.165) is 23.8 Å². The smallest absolute Gasteiger partial charge is 1.00 e. The maximum Gasteiger partial charge on any atom is 2.00 e. The zero-order valence-electron chi connectivity index (χ0n) is 23.3. The molecule has 196 valence electrons. The molecular formula is C25H35MgNO8S. The largest absolute Gasteiger partial charge is 2.00 e. The average molecular weight is 534 g/mol. The topological polar surface area (TPSA) is 117 Å². The summed E-state index contributed by atoms with van der Waals surface area (Å²) >= 11 is 0. The van der Waals surface area contributed by atoms with Gasteiger partial charge in [0.2, 0.25) is 6.29 Å². The number of hydrogen-bond acceptors (Lipinski definition) is 8. The first-order valence-corrected chi connectivity index (χ1v) is 13.0. The van der Waals surface area contributed by atoms with E-state index in [-0.39, 0.29) is 51.0 Å². The van der Waals surface area contributed by atoms with E-state index in [1.807, 2.05) is 39.0 Å². The quantitative estimate of drug-likeness (QED) is 0.122. The predicted octanol–water partition coefficient (Wildman–Crippen LogP) is 3.36. The van der Waals surface area contributed by atoms with Gasteiger partial charge in [-0.25, -0.2) is 0 Å². The van der Waals surface area contributed by atoms with Crippen molar-refractivity contribution in [3.8, 4) is 17.2 Å². The van der Waals surface area contributed by atoms with Gasteiger partial charge >= 0.3 is 23.1 Å². The van der Waals surface area contributed by atoms with Crippen molar-refractivity contribution < 1.29 is 39.3 Å². The van der Waals surface area contributed by atoms with Gasteiger partial charge in [0.25, 0.3) is 16.0 Å². The van der Waals surface area contributed by atoms with Crippen molar-refractivity contribution in [2.45, 2.75) is 40.0 Å². The Hall–Kier alpha value is -2.34. The van der Waals surface area contributed by atoms with Crippen LogP contribution in [-0.4, -0.2) is 76.3 Å². The first kappa shape index (κ1) is 31.7. The number of anilines is 1. The SMILES string of the molecule is CCOc1cc(Cc2cc(OCCCS(=O)(=O)OC)c(NC(=O)C=O)cc2CC)cc(OCC)c1.[H-].[H-].[Mg+2]. The fraction of sp³-hybridized carbons (Fsp3) is 0.440. The fourth-order valence-electron chi connectivity index (χ4n) is 3.49. The number of rotatable bonds is 15. The summed E-state index contributed by atoms with van der Waals surface area (Å²) in [5.41, 5.74) is 3.22. The van der Waals surface area contributed by atoms with Crippen LogP contribution >= 0.6 is 0 Å². The molecule has 0 bridgehead atoms. The van der Waals surface area contributed by atoms with Crippen LogP contribution in [0.25, 0.3) is 0 Å². The second-order valence-corrected chi connectivity index (χ2v) is 9.42. The molecule has 0 unspecified atom stereocenters. The minimum atomic E-state index is -3.60. The molecule has 9 nitrogen and oxygen atoms in total. The zero-order chi connectivity index (χ0) is 25.8. The molecule has 11 heteroatoms. The Morgan fingerprint density at radius 1 is 0.972 bits per heavy atom. The Labute approximate surface area is 232 Å². The third kappa shape index (κ3) is 9.96. The van der Waals surface area contributed by atoms with Crippen LogP contribution in [0.1, 0.15) is 46.7 Å². The summed E-state index contributed by atoms with van der Waals surface area (Å²) < 4.78 is 44.8. The standard InChI is InChI=1S/C25H33NO8S.Mg.2H/c1-5-19-14-23(26-25(28)17-27)24(34-9-8-10-35(29,30)31-4)15-20(19)11-18-12-21(32-6-2)16-22(13-18)33-7-3;;;/h12-17H,5-11H2,1-4H3,(H,26,28);;;/q;+2;2*-1. The molecule has 0 aromatic heterocycles. The van der Waals surface area contributed by atoms with E-state index in [2.05, 4.69) is 9.50 Å². The normalized spacial score (nSPS) is 10.8. The minimum Gasteiger partial charge on any atom is -1.00 e. The number of aryl methyl sites for hydroxylation is 1. The third-order valence-corrected chi connectivity index (χ3v) is 6.35. The van der Waals surface area contributed by atoms with Crippen molar-refractivity contribution >= 4 is 51.1 Å². The van der Waals surface area contributed by atoms with Gasteiger partial charge in [0.15, 0.2) is 0 Å². The van der Waals surface area contributed by atoms with E-state index < -0.39 is 16.0 Å². The molecule has 0 aliphatic carbocycles. The monoisotopic (exact) mass is 533 g/mol. The number of ether oxygens (including phenoxy) is 3. The van der Waals surface area contributed by atoms with Gasteiger partial charge in [-0.1, -0.05) is 6.92 Å². The van der Waals surface area contributed by atoms with Crippen LogP contribution in [0.15, 0.2) is 30.3 Å². The van der Waals surface area contributed by atoms with Gasteiger partial charge in [-0.2, -0.15) is 8.42 Å². The summed E-state index contributed by atoms with van der Waals surface area (Å²) in [6.45, 7) is 6.94. The van der Waals surface area contributed by atoms with Crippen molar-refractivity contribution in [2.24, 2.45) is 0 Å². The van der Waals surface area contributed by atoms with E-state index in [4.69, 9.17) is 14.2 Å². The second-order valence-electron chi connectivity index (χ2n) is 7.56. The molecule has 0 radical (unpaired) electrons. The average Bonchev–Trinajstić information content (AvgIpc) is 2.83. The number of hydrogen-bond donors (Lipinski definition) is 1. The Kier molecular flexibility index (Phi) is 13.8. The second kappa shape index (κ2) is 15.7. The molecule has 0 spiro atoms. The number of carbonyl (C=O) groups excluding carboxylic acids is 2. The molecule has 1 amide bonds. The number of amides is 1. The zero-order valence-corrected chi connectivity index (χ0v) is 23.5. The van der Waals surface area contributed by atoms with Gasteiger partial charge in [0.1, 0.15) is 17.2 Å². The van der Waals surface area contributed by atoms with Crippen LogP contribution < -0.4 is 19.5 Å². The molecule has 0 saturated carbocycles. The Bertz CT molecular complexity index is 1110. The van der Waals surface area contributed by atoms with Crippen LogP contribution in [0.2, 0.25) is 0 Å². The van der Waals surface area contributed by atoms with Gasteiger partial charge in [0.05, 0.1) is 38.4 Å². The summed E-state index contributed by atoms with van der Waals surface area (Å²) in [6.07, 6.45) is 1.59. The van der Waals surface area contributed by atoms with Crippen LogP contribution in [0.5, 0.6) is 17.2 Å². The van der Waals surface area contributed by atoms with Crippen LogP contribution in [0.4, 0.5) is 5.69 Å². The van der Waals surface area contributed by atoms with Crippen LogP contribution in [-0.2, 0) is 36.7 Å². The molecule has 1 N–H and O–H groups in total. The molecule has 0 heterocycles. The van der Waals surface area contributed by atoms with E-state index >= 15 is 0 Å². The molecule has 2 aromatic rings. The van der Waals surface area contributed by atoms with Gasteiger partial charge in [-0.3, -0.25) is 13.8 Å². The van der Waals surface area contributed by atoms with Crippen molar-refractivity contribution in [1.82, 2.24) is 0 Å². The molecule has 0 aliphatic heterocycles. The van der Waals surface area contributed by atoms with Crippen molar-refractivity contribution in [3.05, 3.63) is 47.0 Å². The molecule has 36 heavy (non-hydrogen) atoms. The number of aldehydes is 1. The summed E-state index contributed by atoms with van der Waals surface area (Å²) in [4.78, 5) is 22.6. The maximum absolute atomic E-state index is 11.7. The molecule has 2 rings (SSSR count). The number of carbonyl (C=O) groups is 2. The summed E-state index contributed by atoms with van der Waals surface area (Å²) in [6, 6.07) is 9.32. The third-order valence-electron chi connectivity index (χ3n) is 5.05. The van der Waals surface area contributed by atoms with Crippen molar-refractivity contribution in [1.29, 1.82) is 0 Å². The summed E-state index contributed by atoms with van der Waals surface area (Å²) in [5, 5.41) is 2.53. The van der Waals surface area contributed by atoms with E-state index in [9.17, 15) is 18.0 Å². The predicted molar refractivity (Wildman–Crippen MR) is 141 cm³/mol. The Morgan fingerprint density at radius 3 is 2.14 bits per heavy atom. The Balaban J connectivity index is 0. The fourth-order valence-corrected chi connectivity index (χ4v) is 4.13. The molecular weight excluding hydrogens is 499 g/mol. The molecule has 2 aromatic carbocycles. The maximum atomic E-state index is 11.7. The van der Waals surface area contributed by atoms with Gasteiger partial charge in [-0.15, -0.1) is 0 Å². The Morgan fingerprint density at radius 2 is 1.61 bits per heavy atom. The van der Waals surface area contributed by atoms with Gasteiger partial charge < -0.3 is 22.4 Å². The molecule has 0 saturated heterocycles. The molecule has 0 fully saturated rings. The van der Waals surface area contributed by atoms with E-state index in [1.165, 1.54) is 0 Å². The molecule has 0 aliphatic rings. The number of benzene rings is 2. The van der Waals surface area contributed by atoms with Crippen LogP contribution in [0.3, 0.4) is 0 Å². The molecule has 0 atom stereocenters. The van der Waals surface area contributed by atoms with Crippen molar-refractivity contribution in [2.75, 3.05) is 38.0 Å². The summed E-state index contributed by atoms with van der Waals surface area (Å²) in [7, 11) is -2.50. The first-order valence-electron chi connectivity index (χ1n) is 11.5.